The number of benzene rings is 2. The highest BCUT2D eigenvalue weighted by molar-refractivity contribution is 5.89. The highest BCUT2D eigenvalue weighted by atomic mass is 16.5. The summed E-state index contributed by atoms with van der Waals surface area (Å²) in [6, 6.07) is 14.5. The molecular formula is C26H38N2O4. The zero-order chi connectivity index (χ0) is 22.9. The van der Waals surface area contributed by atoms with Crippen molar-refractivity contribution in [3.8, 4) is 17.2 Å². The normalized spacial score (nSPS) is 10.4. The van der Waals surface area contributed by atoms with E-state index in [1.165, 1.54) is 44.9 Å². The molecule has 2 rings (SSSR count). The summed E-state index contributed by atoms with van der Waals surface area (Å²) in [5.41, 5.74) is 0.720. The Bertz CT molecular complexity index is 747. The van der Waals surface area contributed by atoms with E-state index in [-0.39, 0.29) is 6.03 Å². The Hall–Kier alpha value is -2.89. The molecule has 2 amide bonds. The summed E-state index contributed by atoms with van der Waals surface area (Å²) >= 11 is 0. The number of ether oxygens (including phenoxy) is 3. The minimum atomic E-state index is -0.268. The maximum atomic E-state index is 12.0. The molecule has 0 fully saturated rings. The van der Waals surface area contributed by atoms with Crippen molar-refractivity contribution in [2.24, 2.45) is 0 Å². The fourth-order valence-corrected chi connectivity index (χ4v) is 3.24. The second-order valence-electron chi connectivity index (χ2n) is 7.75. The lowest BCUT2D eigenvalue weighted by Gasteiger charge is -2.10. The van der Waals surface area contributed by atoms with Gasteiger partial charge in [-0.25, -0.2) is 4.79 Å². The summed E-state index contributed by atoms with van der Waals surface area (Å²) in [5.74, 6) is 2.34. The van der Waals surface area contributed by atoms with Gasteiger partial charge < -0.3 is 24.8 Å². The maximum absolute atomic E-state index is 12.0. The number of rotatable bonds is 16. The van der Waals surface area contributed by atoms with Crippen LogP contribution >= 0.6 is 0 Å². The van der Waals surface area contributed by atoms with Crippen molar-refractivity contribution in [1.29, 1.82) is 0 Å². The van der Waals surface area contributed by atoms with Crippen LogP contribution in [0.15, 0.2) is 48.5 Å². The van der Waals surface area contributed by atoms with Crippen molar-refractivity contribution in [1.82, 2.24) is 5.32 Å². The van der Waals surface area contributed by atoms with Crippen LogP contribution in [-0.4, -0.2) is 32.9 Å². The summed E-state index contributed by atoms with van der Waals surface area (Å²) < 4.78 is 16.5. The molecule has 6 nitrogen and oxygen atoms in total. The van der Waals surface area contributed by atoms with E-state index in [0.717, 1.165) is 36.0 Å². The Labute approximate surface area is 192 Å². The first-order valence-corrected chi connectivity index (χ1v) is 11.8. The largest absolute Gasteiger partial charge is 0.497 e. The molecule has 0 spiro atoms. The van der Waals surface area contributed by atoms with Crippen LogP contribution in [0.5, 0.6) is 17.2 Å². The number of hydrogen-bond donors (Lipinski definition) is 2. The molecule has 2 N–H and O–H groups in total. The van der Waals surface area contributed by atoms with Gasteiger partial charge in [-0.3, -0.25) is 0 Å². The number of methoxy groups -OCH3 is 1. The van der Waals surface area contributed by atoms with Crippen LogP contribution < -0.4 is 24.8 Å². The quantitative estimate of drug-likeness (QED) is 0.295. The minimum Gasteiger partial charge on any atom is -0.497 e. The first-order valence-electron chi connectivity index (χ1n) is 11.8. The van der Waals surface area contributed by atoms with Crippen molar-refractivity contribution >= 4 is 11.7 Å². The number of carbonyl (C=O) groups is 1. The van der Waals surface area contributed by atoms with Crippen molar-refractivity contribution in [3.05, 3.63) is 48.5 Å². The van der Waals surface area contributed by atoms with Crippen molar-refractivity contribution in [2.45, 2.75) is 58.3 Å². The molecule has 0 unspecified atom stereocenters. The first kappa shape index (κ1) is 25.4. The Morgan fingerprint density at radius 3 is 1.88 bits per heavy atom. The summed E-state index contributed by atoms with van der Waals surface area (Å²) in [5, 5.41) is 5.59. The topological polar surface area (TPSA) is 68.8 Å². The van der Waals surface area contributed by atoms with E-state index in [0.29, 0.717) is 13.2 Å². The van der Waals surface area contributed by atoms with Crippen LogP contribution in [0.25, 0.3) is 0 Å². The zero-order valence-corrected chi connectivity index (χ0v) is 19.5. The molecule has 0 aromatic heterocycles. The van der Waals surface area contributed by atoms with E-state index in [9.17, 15) is 4.79 Å². The van der Waals surface area contributed by atoms with E-state index in [2.05, 4.69) is 17.6 Å². The van der Waals surface area contributed by atoms with Crippen LogP contribution in [0.3, 0.4) is 0 Å². The highest BCUT2D eigenvalue weighted by Gasteiger charge is 2.02. The van der Waals surface area contributed by atoms with E-state index in [4.69, 9.17) is 14.2 Å². The molecule has 0 bridgehead atoms. The van der Waals surface area contributed by atoms with Crippen LogP contribution in [0.1, 0.15) is 58.3 Å². The lowest BCUT2D eigenvalue weighted by atomic mass is 10.1. The number of anilines is 1. The van der Waals surface area contributed by atoms with E-state index in [1.54, 1.807) is 7.11 Å². The number of amides is 2. The van der Waals surface area contributed by atoms with Crippen LogP contribution in [-0.2, 0) is 0 Å². The third-order valence-corrected chi connectivity index (χ3v) is 5.09. The smallest absolute Gasteiger partial charge is 0.319 e. The predicted octanol–water partition coefficient (Wildman–Crippen LogP) is 6.42. The molecule has 0 heterocycles. The average Bonchev–Trinajstić information content (AvgIpc) is 2.82. The van der Waals surface area contributed by atoms with Crippen molar-refractivity contribution < 1.29 is 19.0 Å². The van der Waals surface area contributed by atoms with Gasteiger partial charge in [0.15, 0.2) is 0 Å². The van der Waals surface area contributed by atoms with Gasteiger partial charge in [-0.1, -0.05) is 51.9 Å². The van der Waals surface area contributed by atoms with Crippen molar-refractivity contribution in [2.75, 3.05) is 32.2 Å². The lowest BCUT2D eigenvalue weighted by molar-refractivity contribution is 0.247. The third-order valence-electron chi connectivity index (χ3n) is 5.09. The Balaban J connectivity index is 1.53. The second-order valence-corrected chi connectivity index (χ2v) is 7.75. The Kier molecular flexibility index (Phi) is 12.6. The molecule has 0 aliphatic carbocycles. The molecule has 0 atom stereocenters. The Morgan fingerprint density at radius 1 is 0.719 bits per heavy atom. The molecule has 0 saturated carbocycles. The maximum Gasteiger partial charge on any atom is 0.319 e. The molecule has 6 heteroatoms. The lowest BCUT2D eigenvalue weighted by Crippen LogP contribution is -2.32. The van der Waals surface area contributed by atoms with E-state index in [1.807, 2.05) is 48.5 Å². The average molecular weight is 443 g/mol. The molecule has 176 valence electrons. The summed E-state index contributed by atoms with van der Waals surface area (Å²) in [7, 11) is 1.62. The number of hydrogen-bond acceptors (Lipinski definition) is 4. The molecule has 0 aliphatic rings. The predicted molar refractivity (Wildman–Crippen MR) is 130 cm³/mol. The number of carbonyl (C=O) groups excluding carboxylic acids is 1. The summed E-state index contributed by atoms with van der Waals surface area (Å²) in [4.78, 5) is 12.0. The van der Waals surface area contributed by atoms with Crippen LogP contribution in [0, 0.1) is 0 Å². The Morgan fingerprint density at radius 2 is 1.25 bits per heavy atom. The summed E-state index contributed by atoms with van der Waals surface area (Å²) in [6.45, 7) is 3.76. The van der Waals surface area contributed by atoms with Gasteiger partial charge in [0.2, 0.25) is 0 Å². The van der Waals surface area contributed by atoms with E-state index < -0.39 is 0 Å². The monoisotopic (exact) mass is 442 g/mol. The van der Waals surface area contributed by atoms with Crippen molar-refractivity contribution in [3.63, 3.8) is 0 Å². The highest BCUT2D eigenvalue weighted by Crippen LogP contribution is 2.17. The first-order chi connectivity index (χ1) is 15.7. The molecule has 0 aliphatic heterocycles. The fourth-order valence-electron chi connectivity index (χ4n) is 3.24. The minimum absolute atomic E-state index is 0.268. The molecule has 2 aromatic rings. The van der Waals surface area contributed by atoms with Gasteiger partial charge in [0.25, 0.3) is 0 Å². The number of unbranched alkanes of at least 4 members (excludes halogenated alkanes) is 7. The summed E-state index contributed by atoms with van der Waals surface area (Å²) in [6.07, 6.45) is 10.3. The van der Waals surface area contributed by atoms with Crippen LogP contribution in [0.4, 0.5) is 10.5 Å². The standard InChI is InChI=1S/C26H38N2O4/c1-3-4-5-6-7-8-9-10-20-31-24-13-11-22(12-14-24)28-26(29)27-19-21-32-25-17-15-23(30-2)16-18-25/h11-18H,3-10,19-21H2,1-2H3,(H2,27,28,29). The molecule has 0 radical (unpaired) electrons. The van der Waals surface area contributed by atoms with Crippen LogP contribution in [0.2, 0.25) is 0 Å². The van der Waals surface area contributed by atoms with Gasteiger partial charge in [0, 0.05) is 5.69 Å². The molecule has 0 saturated heterocycles. The van der Waals surface area contributed by atoms with Gasteiger partial charge in [0.1, 0.15) is 23.9 Å². The SMILES string of the molecule is CCCCCCCCCCOc1ccc(NC(=O)NCCOc2ccc(OC)cc2)cc1. The third kappa shape index (κ3) is 10.9. The number of urea groups is 1. The second kappa shape index (κ2) is 15.8. The van der Waals surface area contributed by atoms with E-state index >= 15 is 0 Å². The number of nitrogens with one attached hydrogen (secondary N) is 2. The van der Waals surface area contributed by atoms with Gasteiger partial charge in [0.05, 0.1) is 20.3 Å². The molecule has 2 aromatic carbocycles. The molecular weight excluding hydrogens is 404 g/mol. The van der Waals surface area contributed by atoms with Gasteiger partial charge in [-0.2, -0.15) is 0 Å². The van der Waals surface area contributed by atoms with Gasteiger partial charge in [-0.05, 0) is 55.0 Å². The van der Waals surface area contributed by atoms with Gasteiger partial charge in [-0.15, -0.1) is 0 Å². The zero-order valence-electron chi connectivity index (χ0n) is 19.5. The molecule has 32 heavy (non-hydrogen) atoms. The van der Waals surface area contributed by atoms with Gasteiger partial charge >= 0.3 is 6.03 Å². The fraction of sp³-hybridized carbons (Fsp3) is 0.500.